The second kappa shape index (κ2) is 5.38. The predicted molar refractivity (Wildman–Crippen MR) is 71.7 cm³/mol. The van der Waals surface area contributed by atoms with E-state index in [9.17, 15) is 17.6 Å². The molecule has 0 unspecified atom stereocenters. The van der Waals surface area contributed by atoms with E-state index in [0.29, 0.717) is 5.69 Å². The maximum absolute atomic E-state index is 12.9. The Kier molecular flexibility index (Phi) is 3.80. The highest BCUT2D eigenvalue weighted by atomic mass is 32.2. The first-order valence-electron chi connectivity index (χ1n) is 5.60. The summed E-state index contributed by atoms with van der Waals surface area (Å²) in [7, 11) is -3.36. The first kappa shape index (κ1) is 14.1. The van der Waals surface area contributed by atoms with Crippen LogP contribution in [0.25, 0.3) is 0 Å². The summed E-state index contributed by atoms with van der Waals surface area (Å²) in [5.41, 5.74) is 0.207. The molecule has 0 bridgehead atoms. The molecule has 2 aromatic rings. The number of aromatic nitrogens is 1. The van der Waals surface area contributed by atoms with Crippen LogP contribution in [0.2, 0.25) is 0 Å². The van der Waals surface area contributed by atoms with Gasteiger partial charge in [0.2, 0.25) is 5.95 Å². The van der Waals surface area contributed by atoms with E-state index in [4.69, 9.17) is 0 Å². The van der Waals surface area contributed by atoms with E-state index in [2.05, 4.69) is 10.3 Å². The number of amides is 1. The molecule has 1 aromatic heterocycles. The van der Waals surface area contributed by atoms with Crippen molar-refractivity contribution in [3.63, 3.8) is 0 Å². The fourth-order valence-electron chi connectivity index (χ4n) is 1.53. The van der Waals surface area contributed by atoms with Crippen LogP contribution in [0.5, 0.6) is 0 Å². The van der Waals surface area contributed by atoms with Gasteiger partial charge in [-0.25, -0.2) is 13.4 Å². The first-order valence-corrected chi connectivity index (χ1v) is 7.49. The van der Waals surface area contributed by atoms with E-state index in [1.807, 2.05) is 0 Å². The van der Waals surface area contributed by atoms with Gasteiger partial charge < -0.3 is 5.32 Å². The number of nitrogens with one attached hydrogen (secondary N) is 1. The molecule has 0 spiro atoms. The highest BCUT2D eigenvalue weighted by molar-refractivity contribution is 7.90. The monoisotopic (exact) mass is 294 g/mol. The Labute approximate surface area is 115 Å². The Balaban J connectivity index is 2.25. The molecule has 0 radical (unpaired) electrons. The summed E-state index contributed by atoms with van der Waals surface area (Å²) in [4.78, 5) is 15.4. The Bertz CT molecular complexity index is 760. The molecule has 0 atom stereocenters. The molecule has 7 heteroatoms. The summed E-state index contributed by atoms with van der Waals surface area (Å²) in [6.07, 6.45) is 1.07. The van der Waals surface area contributed by atoms with E-state index in [0.717, 1.165) is 12.3 Å². The number of nitrogens with zero attached hydrogens (tertiary/aromatic N) is 1. The first-order chi connectivity index (χ1) is 9.36. The van der Waals surface area contributed by atoms with E-state index < -0.39 is 21.7 Å². The van der Waals surface area contributed by atoms with Crippen LogP contribution in [0, 0.1) is 5.95 Å². The van der Waals surface area contributed by atoms with Gasteiger partial charge in [0.15, 0.2) is 9.84 Å². The van der Waals surface area contributed by atoms with Gasteiger partial charge in [0, 0.05) is 11.9 Å². The summed E-state index contributed by atoms with van der Waals surface area (Å²) in [6.45, 7) is 0. The van der Waals surface area contributed by atoms with Crippen molar-refractivity contribution >= 4 is 21.4 Å². The number of pyridine rings is 1. The lowest BCUT2D eigenvalue weighted by Gasteiger charge is -2.06. The second-order valence-corrected chi connectivity index (χ2v) is 6.12. The fourth-order valence-corrected chi connectivity index (χ4v) is 2.20. The summed E-state index contributed by atoms with van der Waals surface area (Å²) >= 11 is 0. The molecule has 2 rings (SSSR count). The molecule has 5 nitrogen and oxygen atoms in total. The molecule has 0 aliphatic heterocycles. The molecule has 1 N–H and O–H groups in total. The number of hydrogen-bond acceptors (Lipinski definition) is 4. The molecular formula is C13H11FN2O3S. The van der Waals surface area contributed by atoms with Crippen molar-refractivity contribution in [2.24, 2.45) is 0 Å². The van der Waals surface area contributed by atoms with Crippen LogP contribution >= 0.6 is 0 Å². The molecule has 1 aromatic carbocycles. The zero-order valence-electron chi connectivity index (χ0n) is 10.5. The van der Waals surface area contributed by atoms with Crippen LogP contribution < -0.4 is 5.32 Å². The summed E-state index contributed by atoms with van der Waals surface area (Å²) in [5.74, 6) is -1.38. The second-order valence-electron chi connectivity index (χ2n) is 4.10. The third-order valence-electron chi connectivity index (χ3n) is 2.47. The normalized spacial score (nSPS) is 11.1. The summed E-state index contributed by atoms with van der Waals surface area (Å²) in [5, 5.41) is 2.47. The number of benzene rings is 1. The Morgan fingerprint density at radius 3 is 2.55 bits per heavy atom. The summed E-state index contributed by atoms with van der Waals surface area (Å²) < 4.78 is 35.7. The fraction of sp³-hybridized carbons (Fsp3) is 0.0769. The molecule has 0 saturated heterocycles. The number of hydrogen-bond donors (Lipinski definition) is 1. The minimum Gasteiger partial charge on any atom is -0.321 e. The molecule has 1 heterocycles. The molecule has 0 fully saturated rings. The van der Waals surface area contributed by atoms with Crippen molar-refractivity contribution in [1.82, 2.24) is 4.98 Å². The van der Waals surface area contributed by atoms with Crippen molar-refractivity contribution in [3.8, 4) is 0 Å². The van der Waals surface area contributed by atoms with Gasteiger partial charge in [-0.2, -0.15) is 4.39 Å². The lowest BCUT2D eigenvalue weighted by atomic mass is 10.3. The van der Waals surface area contributed by atoms with E-state index >= 15 is 0 Å². The number of rotatable bonds is 3. The smallest absolute Gasteiger partial charge is 0.274 e. The van der Waals surface area contributed by atoms with Gasteiger partial charge >= 0.3 is 0 Å². The standard InChI is InChI=1S/C13H11FN2O3S/c1-20(18,19)10-5-2-4-9(8-10)15-13(17)11-6-3-7-12(14)16-11/h2-8H,1H3,(H,15,17). The van der Waals surface area contributed by atoms with Crippen molar-refractivity contribution in [3.05, 3.63) is 54.1 Å². The minimum absolute atomic E-state index is 0.0856. The molecule has 104 valence electrons. The number of sulfone groups is 1. The van der Waals surface area contributed by atoms with E-state index in [1.54, 1.807) is 0 Å². The predicted octanol–water partition coefficient (Wildman–Crippen LogP) is 1.88. The van der Waals surface area contributed by atoms with Crippen molar-refractivity contribution in [2.45, 2.75) is 4.90 Å². The lowest BCUT2D eigenvalue weighted by Crippen LogP contribution is -2.14. The quantitative estimate of drug-likeness (QED) is 0.877. The molecule has 0 saturated carbocycles. The van der Waals surface area contributed by atoms with Crippen molar-refractivity contribution in [1.29, 1.82) is 0 Å². The van der Waals surface area contributed by atoms with Crippen molar-refractivity contribution < 1.29 is 17.6 Å². The number of carbonyl (C=O) groups is 1. The van der Waals surface area contributed by atoms with Gasteiger partial charge in [-0.05, 0) is 30.3 Å². The van der Waals surface area contributed by atoms with Gasteiger partial charge in [-0.15, -0.1) is 0 Å². The molecular weight excluding hydrogens is 283 g/mol. The van der Waals surface area contributed by atoms with Gasteiger partial charge in [-0.1, -0.05) is 12.1 Å². The van der Waals surface area contributed by atoms with Crippen molar-refractivity contribution in [2.75, 3.05) is 11.6 Å². The average Bonchev–Trinajstić information content (AvgIpc) is 2.38. The molecule has 0 aliphatic rings. The van der Waals surface area contributed by atoms with Crippen LogP contribution in [0.4, 0.5) is 10.1 Å². The van der Waals surface area contributed by atoms with Crippen LogP contribution in [0.15, 0.2) is 47.4 Å². The van der Waals surface area contributed by atoms with E-state index in [-0.39, 0.29) is 10.6 Å². The van der Waals surface area contributed by atoms with E-state index in [1.165, 1.54) is 36.4 Å². The molecule has 1 amide bonds. The maximum Gasteiger partial charge on any atom is 0.274 e. The highest BCUT2D eigenvalue weighted by Gasteiger charge is 2.11. The largest absolute Gasteiger partial charge is 0.321 e. The molecule has 20 heavy (non-hydrogen) atoms. The zero-order valence-corrected chi connectivity index (χ0v) is 11.3. The SMILES string of the molecule is CS(=O)(=O)c1cccc(NC(=O)c2cccc(F)n2)c1. The number of anilines is 1. The van der Waals surface area contributed by atoms with Gasteiger partial charge in [0.25, 0.3) is 5.91 Å². The van der Waals surface area contributed by atoms with Gasteiger partial charge in [-0.3, -0.25) is 4.79 Å². The molecule has 0 aliphatic carbocycles. The summed E-state index contributed by atoms with van der Waals surface area (Å²) in [6, 6.07) is 9.64. The van der Waals surface area contributed by atoms with Crippen LogP contribution in [-0.2, 0) is 9.84 Å². The number of carbonyl (C=O) groups excluding carboxylic acids is 1. The maximum atomic E-state index is 12.9. The minimum atomic E-state index is -3.36. The van der Waals surface area contributed by atoms with Crippen LogP contribution in [-0.4, -0.2) is 25.6 Å². The lowest BCUT2D eigenvalue weighted by molar-refractivity contribution is 0.102. The average molecular weight is 294 g/mol. The highest BCUT2D eigenvalue weighted by Crippen LogP contribution is 2.16. The van der Waals surface area contributed by atoms with Crippen LogP contribution in [0.3, 0.4) is 0 Å². The Morgan fingerprint density at radius 1 is 1.20 bits per heavy atom. The topological polar surface area (TPSA) is 76.1 Å². The van der Waals surface area contributed by atoms with Gasteiger partial charge in [0.05, 0.1) is 4.90 Å². The third-order valence-corrected chi connectivity index (χ3v) is 3.58. The number of halogens is 1. The van der Waals surface area contributed by atoms with Gasteiger partial charge in [0.1, 0.15) is 5.69 Å². The third kappa shape index (κ3) is 3.39. The Morgan fingerprint density at radius 2 is 1.90 bits per heavy atom. The van der Waals surface area contributed by atoms with Crippen LogP contribution in [0.1, 0.15) is 10.5 Å². The Hall–Kier alpha value is -2.28. The zero-order chi connectivity index (χ0) is 14.8.